The van der Waals surface area contributed by atoms with E-state index < -0.39 is 0 Å². The highest BCUT2D eigenvalue weighted by molar-refractivity contribution is 6.33. The van der Waals surface area contributed by atoms with Crippen molar-refractivity contribution >= 4 is 22.8 Å². The van der Waals surface area contributed by atoms with Gasteiger partial charge in [0.15, 0.2) is 10.8 Å². The van der Waals surface area contributed by atoms with Crippen molar-refractivity contribution in [2.75, 3.05) is 0 Å². The number of nitrogens with zero attached hydrogens (tertiary/aromatic N) is 4. The maximum absolute atomic E-state index is 10.0. The molecule has 4 rings (SSSR count). The molecule has 0 spiro atoms. The predicted molar refractivity (Wildman–Crippen MR) is 66.2 cm³/mol. The van der Waals surface area contributed by atoms with Crippen LogP contribution in [0.2, 0.25) is 5.15 Å². The zero-order valence-corrected chi connectivity index (χ0v) is 10.5. The first kappa shape index (κ1) is 10.7. The van der Waals surface area contributed by atoms with Gasteiger partial charge in [0.05, 0.1) is 12.4 Å². The SMILES string of the molecule is O[C@H]1C[C@H]2CC[C@@H]1[C@@H]2n1cnc2c(Cl)ncnc21. The zero-order valence-electron chi connectivity index (χ0n) is 9.70. The monoisotopic (exact) mass is 264 g/mol. The molecule has 2 bridgehead atoms. The van der Waals surface area contributed by atoms with Crippen LogP contribution in [-0.2, 0) is 0 Å². The second kappa shape index (κ2) is 3.65. The molecule has 0 radical (unpaired) electrons. The van der Waals surface area contributed by atoms with Crippen LogP contribution in [0.1, 0.15) is 25.3 Å². The standard InChI is InChI=1S/C12H13ClN4O/c13-11-9-12(15-4-14-11)17(5-16-9)10-6-1-2-7(10)8(18)3-6/h4-8,10,18H,1-3H2/t6-,7+,8+,10-/m1/s1. The third-order valence-corrected chi connectivity index (χ3v) is 4.74. The molecule has 18 heavy (non-hydrogen) atoms. The second-order valence-corrected chi connectivity index (χ2v) is 5.64. The van der Waals surface area contributed by atoms with E-state index in [0.717, 1.165) is 18.5 Å². The topological polar surface area (TPSA) is 63.8 Å². The largest absolute Gasteiger partial charge is 0.393 e. The van der Waals surface area contributed by atoms with Crippen molar-refractivity contribution in [1.82, 2.24) is 19.5 Å². The van der Waals surface area contributed by atoms with Crippen LogP contribution >= 0.6 is 11.6 Å². The van der Waals surface area contributed by atoms with Gasteiger partial charge in [-0.15, -0.1) is 0 Å². The number of hydrogen-bond acceptors (Lipinski definition) is 4. The molecule has 2 aliphatic rings. The minimum absolute atomic E-state index is 0.177. The van der Waals surface area contributed by atoms with Gasteiger partial charge < -0.3 is 9.67 Å². The molecule has 0 aromatic carbocycles. The summed E-state index contributed by atoms with van der Waals surface area (Å²) in [6, 6.07) is 0.316. The van der Waals surface area contributed by atoms with Gasteiger partial charge in [0.2, 0.25) is 0 Å². The van der Waals surface area contributed by atoms with Gasteiger partial charge in [-0.1, -0.05) is 11.6 Å². The maximum atomic E-state index is 10.0. The van der Waals surface area contributed by atoms with E-state index in [-0.39, 0.29) is 6.10 Å². The molecule has 2 fully saturated rings. The third-order valence-electron chi connectivity index (χ3n) is 4.47. The molecule has 2 aromatic rings. The Bertz CT molecular complexity index is 613. The molecule has 2 aliphatic carbocycles. The first-order chi connectivity index (χ1) is 8.75. The van der Waals surface area contributed by atoms with Crippen molar-refractivity contribution in [1.29, 1.82) is 0 Å². The van der Waals surface area contributed by atoms with Crippen molar-refractivity contribution in [2.45, 2.75) is 31.4 Å². The van der Waals surface area contributed by atoms with Crippen LogP contribution in [0.15, 0.2) is 12.7 Å². The van der Waals surface area contributed by atoms with Crippen molar-refractivity contribution in [2.24, 2.45) is 11.8 Å². The number of rotatable bonds is 1. The van der Waals surface area contributed by atoms with Gasteiger partial charge >= 0.3 is 0 Å². The number of fused-ring (bicyclic) bond motifs is 3. The van der Waals surface area contributed by atoms with Crippen LogP contribution in [0.5, 0.6) is 0 Å². The summed E-state index contributed by atoms with van der Waals surface area (Å²) in [7, 11) is 0. The summed E-state index contributed by atoms with van der Waals surface area (Å²) in [6.07, 6.45) is 6.26. The van der Waals surface area contributed by atoms with E-state index in [1.807, 2.05) is 0 Å². The first-order valence-electron chi connectivity index (χ1n) is 6.27. The van der Waals surface area contributed by atoms with E-state index in [1.165, 1.54) is 12.7 Å². The van der Waals surface area contributed by atoms with E-state index in [0.29, 0.717) is 28.5 Å². The number of aliphatic hydroxyl groups is 1. The molecule has 0 unspecified atom stereocenters. The molecule has 2 heterocycles. The van der Waals surface area contributed by atoms with Crippen molar-refractivity contribution < 1.29 is 5.11 Å². The molecule has 6 heteroatoms. The normalized spacial score (nSPS) is 34.6. The summed E-state index contributed by atoms with van der Waals surface area (Å²) in [5.41, 5.74) is 1.44. The average Bonchev–Trinajstić information content (AvgIpc) is 3.00. The van der Waals surface area contributed by atoms with Gasteiger partial charge in [-0.3, -0.25) is 0 Å². The fourth-order valence-electron chi connectivity index (χ4n) is 3.73. The van der Waals surface area contributed by atoms with Gasteiger partial charge in [0.25, 0.3) is 0 Å². The predicted octanol–water partition coefficient (Wildman–Crippen LogP) is 1.81. The quantitative estimate of drug-likeness (QED) is 0.798. The summed E-state index contributed by atoms with van der Waals surface area (Å²) in [4.78, 5) is 12.5. The lowest BCUT2D eigenvalue weighted by Crippen LogP contribution is -2.19. The molecule has 5 nitrogen and oxygen atoms in total. The van der Waals surface area contributed by atoms with Gasteiger partial charge in [0.1, 0.15) is 11.8 Å². The Kier molecular flexibility index (Phi) is 2.17. The molecule has 0 aliphatic heterocycles. The summed E-state index contributed by atoms with van der Waals surface area (Å²) in [6.45, 7) is 0. The summed E-state index contributed by atoms with van der Waals surface area (Å²) < 4.78 is 2.08. The smallest absolute Gasteiger partial charge is 0.165 e. The molecule has 4 atom stereocenters. The molecule has 1 N–H and O–H groups in total. The van der Waals surface area contributed by atoms with Gasteiger partial charge in [-0.25, -0.2) is 15.0 Å². The van der Waals surface area contributed by atoms with Crippen molar-refractivity contribution in [3.05, 3.63) is 17.8 Å². The molecular weight excluding hydrogens is 252 g/mol. The fourth-order valence-corrected chi connectivity index (χ4v) is 3.91. The van der Waals surface area contributed by atoms with Gasteiger partial charge in [-0.2, -0.15) is 0 Å². The second-order valence-electron chi connectivity index (χ2n) is 5.28. The van der Waals surface area contributed by atoms with Crippen molar-refractivity contribution in [3.8, 4) is 0 Å². The van der Waals surface area contributed by atoms with Crippen LogP contribution < -0.4 is 0 Å². The lowest BCUT2D eigenvalue weighted by molar-refractivity contribution is 0.108. The Balaban J connectivity index is 1.87. The van der Waals surface area contributed by atoms with E-state index >= 15 is 0 Å². The van der Waals surface area contributed by atoms with E-state index in [4.69, 9.17) is 11.6 Å². The van der Waals surface area contributed by atoms with E-state index in [9.17, 15) is 5.11 Å². The van der Waals surface area contributed by atoms with Crippen molar-refractivity contribution in [3.63, 3.8) is 0 Å². The fraction of sp³-hybridized carbons (Fsp3) is 0.583. The van der Waals surface area contributed by atoms with Crippen LogP contribution in [0, 0.1) is 11.8 Å². The lowest BCUT2D eigenvalue weighted by atomic mass is 9.98. The Morgan fingerprint density at radius 2 is 2.17 bits per heavy atom. The van der Waals surface area contributed by atoms with E-state index in [2.05, 4.69) is 19.5 Å². The van der Waals surface area contributed by atoms with Crippen LogP contribution in [-0.4, -0.2) is 30.7 Å². The number of hydrogen-bond donors (Lipinski definition) is 1. The Morgan fingerprint density at radius 3 is 2.89 bits per heavy atom. The Labute approximate surface area is 109 Å². The van der Waals surface area contributed by atoms with Crippen LogP contribution in [0.25, 0.3) is 11.2 Å². The maximum Gasteiger partial charge on any atom is 0.165 e. The highest BCUT2D eigenvalue weighted by atomic mass is 35.5. The number of imidazole rings is 1. The van der Waals surface area contributed by atoms with E-state index in [1.54, 1.807) is 6.33 Å². The molecule has 2 saturated carbocycles. The zero-order chi connectivity index (χ0) is 12.3. The van der Waals surface area contributed by atoms with Crippen LogP contribution in [0.3, 0.4) is 0 Å². The molecule has 0 amide bonds. The Morgan fingerprint density at radius 1 is 1.28 bits per heavy atom. The lowest BCUT2D eigenvalue weighted by Gasteiger charge is -2.18. The highest BCUT2D eigenvalue weighted by Crippen LogP contribution is 2.52. The Hall–Kier alpha value is -1.20. The minimum Gasteiger partial charge on any atom is -0.393 e. The molecular formula is C12H13ClN4O. The van der Waals surface area contributed by atoms with Crippen LogP contribution in [0.4, 0.5) is 0 Å². The van der Waals surface area contributed by atoms with Gasteiger partial charge in [-0.05, 0) is 25.2 Å². The molecule has 0 saturated heterocycles. The number of halogens is 1. The third kappa shape index (κ3) is 1.29. The average molecular weight is 265 g/mol. The summed E-state index contributed by atoms with van der Waals surface area (Å²) in [5, 5.41) is 10.4. The highest BCUT2D eigenvalue weighted by Gasteiger charge is 2.48. The molecule has 2 aromatic heterocycles. The first-order valence-corrected chi connectivity index (χ1v) is 6.64. The summed E-state index contributed by atoms with van der Waals surface area (Å²) in [5.74, 6) is 0.872. The number of aromatic nitrogens is 4. The van der Waals surface area contributed by atoms with Gasteiger partial charge in [0, 0.05) is 12.0 Å². The minimum atomic E-state index is -0.177. The summed E-state index contributed by atoms with van der Waals surface area (Å²) >= 11 is 6.02. The number of aliphatic hydroxyl groups excluding tert-OH is 1. The molecule has 94 valence electrons.